The summed E-state index contributed by atoms with van der Waals surface area (Å²) in [4.78, 5) is 0. The van der Waals surface area contributed by atoms with Crippen LogP contribution >= 0.6 is 11.3 Å². The van der Waals surface area contributed by atoms with E-state index in [0.717, 1.165) is 5.56 Å². The van der Waals surface area contributed by atoms with Crippen LogP contribution in [0.4, 0.5) is 0 Å². The van der Waals surface area contributed by atoms with Crippen molar-refractivity contribution in [3.05, 3.63) is 46.2 Å². The normalized spacial score (nSPS) is 11.6. The molecule has 19 heavy (non-hydrogen) atoms. The van der Waals surface area contributed by atoms with E-state index < -0.39 is 0 Å². The Kier molecular flexibility index (Phi) is 4.39. The number of nitrogens with two attached hydrogens (primary N) is 1. The van der Waals surface area contributed by atoms with Gasteiger partial charge >= 0.3 is 0 Å². The molecule has 1 atom stereocenters. The van der Waals surface area contributed by atoms with Gasteiger partial charge in [-0.05, 0) is 29.0 Å². The van der Waals surface area contributed by atoms with Gasteiger partial charge in [-0.3, -0.25) is 0 Å². The summed E-state index contributed by atoms with van der Waals surface area (Å²) < 4.78 is 11.0. The Balaban J connectivity index is 2.24. The van der Waals surface area contributed by atoms with Gasteiger partial charge < -0.3 is 15.2 Å². The van der Waals surface area contributed by atoms with Crippen LogP contribution in [0.3, 0.4) is 0 Å². The topological polar surface area (TPSA) is 68.3 Å². The van der Waals surface area contributed by atoms with E-state index in [1.165, 1.54) is 0 Å². The lowest BCUT2D eigenvalue weighted by Crippen LogP contribution is -2.17. The van der Waals surface area contributed by atoms with E-state index in [1.807, 2.05) is 16.8 Å². The zero-order valence-electron chi connectivity index (χ0n) is 10.5. The Morgan fingerprint density at radius 3 is 2.74 bits per heavy atom. The van der Waals surface area contributed by atoms with Crippen LogP contribution in [0.25, 0.3) is 0 Å². The molecule has 0 spiro atoms. The fourth-order valence-corrected chi connectivity index (χ4v) is 2.40. The molecule has 0 saturated heterocycles. The molecule has 0 aliphatic carbocycles. The molecule has 2 rings (SSSR count). The maximum absolute atomic E-state index is 8.97. The summed E-state index contributed by atoms with van der Waals surface area (Å²) in [7, 11) is 1.56. The molecule has 2 N–H and O–H groups in total. The second-order valence-corrected chi connectivity index (χ2v) is 4.69. The van der Waals surface area contributed by atoms with Crippen LogP contribution in [0.1, 0.15) is 17.2 Å². The Bertz CT molecular complexity index is 576. The maximum Gasteiger partial charge on any atom is 0.137 e. The number of nitrogens with zero attached hydrogens (tertiary/aromatic N) is 1. The van der Waals surface area contributed by atoms with Gasteiger partial charge in [0.2, 0.25) is 0 Å². The number of ether oxygens (including phenoxy) is 2. The number of benzene rings is 1. The van der Waals surface area contributed by atoms with Crippen LogP contribution in [0.2, 0.25) is 0 Å². The van der Waals surface area contributed by atoms with E-state index in [1.54, 1.807) is 36.6 Å². The van der Waals surface area contributed by atoms with E-state index >= 15 is 0 Å². The van der Waals surface area contributed by atoms with Gasteiger partial charge in [-0.15, -0.1) is 0 Å². The van der Waals surface area contributed by atoms with Crippen molar-refractivity contribution in [2.24, 2.45) is 5.73 Å². The quantitative estimate of drug-likeness (QED) is 0.910. The Hall–Kier alpha value is -2.03. The third-order valence-electron chi connectivity index (χ3n) is 2.65. The largest absolute Gasteiger partial charge is 0.497 e. The molecule has 0 aliphatic rings. The molecular weight excluding hydrogens is 260 g/mol. The molecule has 4 nitrogen and oxygen atoms in total. The van der Waals surface area contributed by atoms with Crippen molar-refractivity contribution in [1.82, 2.24) is 0 Å². The fraction of sp³-hybridized carbons (Fsp3) is 0.214. The summed E-state index contributed by atoms with van der Waals surface area (Å²) in [5, 5.41) is 13.0. The summed E-state index contributed by atoms with van der Waals surface area (Å²) in [5.41, 5.74) is 7.27. The van der Waals surface area contributed by atoms with Crippen molar-refractivity contribution >= 4 is 11.3 Å². The minimum atomic E-state index is -0.218. The standard InChI is InChI=1S/C14H14N2O2S/c1-17-12-4-10(7-15)5-13(6-12)18-14(8-16)11-2-3-19-9-11/h2-6,9,14H,8,16H2,1H3. The number of hydrogen-bond donors (Lipinski definition) is 1. The van der Waals surface area contributed by atoms with Crippen LogP contribution < -0.4 is 15.2 Å². The lowest BCUT2D eigenvalue weighted by molar-refractivity contribution is 0.214. The first-order valence-electron chi connectivity index (χ1n) is 5.75. The van der Waals surface area contributed by atoms with E-state index in [-0.39, 0.29) is 6.10 Å². The van der Waals surface area contributed by atoms with E-state index in [0.29, 0.717) is 23.6 Å². The summed E-state index contributed by atoms with van der Waals surface area (Å²) in [6.45, 7) is 0.371. The zero-order chi connectivity index (χ0) is 13.7. The predicted molar refractivity (Wildman–Crippen MR) is 74.5 cm³/mol. The van der Waals surface area contributed by atoms with Crippen molar-refractivity contribution < 1.29 is 9.47 Å². The number of nitriles is 1. The third kappa shape index (κ3) is 3.25. The molecule has 1 unspecified atom stereocenters. The SMILES string of the molecule is COc1cc(C#N)cc(OC(CN)c2ccsc2)c1. The summed E-state index contributed by atoms with van der Waals surface area (Å²) in [5.74, 6) is 1.17. The Morgan fingerprint density at radius 2 is 2.16 bits per heavy atom. The van der Waals surface area contributed by atoms with E-state index in [9.17, 15) is 0 Å². The molecule has 1 aromatic heterocycles. The van der Waals surface area contributed by atoms with Gasteiger partial charge in [-0.1, -0.05) is 0 Å². The monoisotopic (exact) mass is 274 g/mol. The van der Waals surface area contributed by atoms with Gasteiger partial charge in [0.25, 0.3) is 0 Å². The van der Waals surface area contributed by atoms with Crippen molar-refractivity contribution in [3.8, 4) is 17.6 Å². The molecule has 0 saturated carbocycles. The summed E-state index contributed by atoms with van der Waals surface area (Å²) in [6, 6.07) is 9.14. The molecule has 0 radical (unpaired) electrons. The van der Waals surface area contributed by atoms with Crippen molar-refractivity contribution in [3.63, 3.8) is 0 Å². The molecule has 98 valence electrons. The smallest absolute Gasteiger partial charge is 0.137 e. The van der Waals surface area contributed by atoms with Gasteiger partial charge in [0.05, 0.1) is 18.7 Å². The van der Waals surface area contributed by atoms with Gasteiger partial charge in [-0.25, -0.2) is 0 Å². The first-order valence-corrected chi connectivity index (χ1v) is 6.69. The van der Waals surface area contributed by atoms with Gasteiger partial charge in [0, 0.05) is 18.2 Å². The highest BCUT2D eigenvalue weighted by Crippen LogP contribution is 2.27. The highest BCUT2D eigenvalue weighted by Gasteiger charge is 2.13. The van der Waals surface area contributed by atoms with Crippen molar-refractivity contribution in [2.45, 2.75) is 6.10 Å². The zero-order valence-corrected chi connectivity index (χ0v) is 11.3. The molecule has 1 heterocycles. The third-order valence-corrected chi connectivity index (χ3v) is 3.35. The van der Waals surface area contributed by atoms with Crippen LogP contribution in [0, 0.1) is 11.3 Å². The number of methoxy groups -OCH3 is 1. The summed E-state index contributed by atoms with van der Waals surface area (Å²) >= 11 is 1.60. The van der Waals surface area contributed by atoms with Crippen LogP contribution in [-0.2, 0) is 0 Å². The molecule has 2 aromatic rings. The molecule has 0 amide bonds. The minimum absolute atomic E-state index is 0.218. The van der Waals surface area contributed by atoms with Crippen LogP contribution in [0.5, 0.6) is 11.5 Å². The molecule has 0 bridgehead atoms. The Morgan fingerprint density at radius 1 is 1.37 bits per heavy atom. The van der Waals surface area contributed by atoms with E-state index in [2.05, 4.69) is 6.07 Å². The van der Waals surface area contributed by atoms with E-state index in [4.69, 9.17) is 20.5 Å². The van der Waals surface area contributed by atoms with Crippen molar-refractivity contribution in [1.29, 1.82) is 5.26 Å². The van der Waals surface area contributed by atoms with Crippen LogP contribution in [0.15, 0.2) is 35.0 Å². The first kappa shape index (κ1) is 13.4. The number of hydrogen-bond acceptors (Lipinski definition) is 5. The average Bonchev–Trinajstić information content (AvgIpc) is 2.98. The first-order chi connectivity index (χ1) is 9.26. The predicted octanol–water partition coefficient (Wildman–Crippen LogP) is 2.71. The highest BCUT2D eigenvalue weighted by atomic mass is 32.1. The highest BCUT2D eigenvalue weighted by molar-refractivity contribution is 7.07. The molecule has 1 aromatic carbocycles. The summed E-state index contributed by atoms with van der Waals surface area (Å²) in [6.07, 6.45) is -0.218. The molecule has 0 aliphatic heterocycles. The van der Waals surface area contributed by atoms with Crippen molar-refractivity contribution in [2.75, 3.05) is 13.7 Å². The Labute approximate surface area is 116 Å². The second-order valence-electron chi connectivity index (χ2n) is 3.91. The number of thiophene rings is 1. The van der Waals surface area contributed by atoms with Gasteiger partial charge in [-0.2, -0.15) is 16.6 Å². The second kappa shape index (κ2) is 6.23. The van der Waals surface area contributed by atoms with Gasteiger partial charge in [0.15, 0.2) is 0 Å². The lowest BCUT2D eigenvalue weighted by atomic mass is 10.2. The maximum atomic E-state index is 8.97. The minimum Gasteiger partial charge on any atom is -0.497 e. The average molecular weight is 274 g/mol. The molecule has 5 heteroatoms. The van der Waals surface area contributed by atoms with Gasteiger partial charge in [0.1, 0.15) is 17.6 Å². The lowest BCUT2D eigenvalue weighted by Gasteiger charge is -2.17. The fourth-order valence-electron chi connectivity index (χ4n) is 1.70. The molecular formula is C14H14N2O2S. The number of rotatable bonds is 5. The van der Waals surface area contributed by atoms with Crippen LogP contribution in [-0.4, -0.2) is 13.7 Å². The molecule has 0 fully saturated rings.